The predicted octanol–water partition coefficient (Wildman–Crippen LogP) is 4.48. The summed E-state index contributed by atoms with van der Waals surface area (Å²) in [6.45, 7) is -0.161. The van der Waals surface area contributed by atoms with E-state index in [0.29, 0.717) is 53.7 Å². The second-order valence-corrected chi connectivity index (χ2v) is 8.84. The highest BCUT2D eigenvalue weighted by Gasteiger charge is 2.31. The van der Waals surface area contributed by atoms with Crippen molar-refractivity contribution < 1.29 is 41.7 Å². The van der Waals surface area contributed by atoms with Crippen LogP contribution in [0.1, 0.15) is 10.5 Å². The maximum absolute atomic E-state index is 12.9. The number of aromatic nitrogens is 4. The number of benzene rings is 1. The zero-order valence-electron chi connectivity index (χ0n) is 21.4. The number of hydrogen-bond donors (Lipinski definition) is 1. The molecule has 1 aliphatic rings. The van der Waals surface area contributed by atoms with Gasteiger partial charge in [-0.15, -0.1) is 0 Å². The molecule has 4 heterocycles. The highest BCUT2D eigenvalue weighted by molar-refractivity contribution is 6.04. The van der Waals surface area contributed by atoms with Crippen LogP contribution in [0.25, 0.3) is 10.9 Å². The van der Waals surface area contributed by atoms with Gasteiger partial charge in [0.2, 0.25) is 0 Å². The summed E-state index contributed by atoms with van der Waals surface area (Å²) in [6.07, 6.45) is -0.334. The minimum atomic E-state index is -4.58. The van der Waals surface area contributed by atoms with E-state index in [1.54, 1.807) is 30.5 Å². The van der Waals surface area contributed by atoms with Crippen molar-refractivity contribution in [2.45, 2.75) is 12.7 Å². The molecule has 1 N–H and O–H groups in total. The van der Waals surface area contributed by atoms with Crippen LogP contribution in [0.3, 0.4) is 0 Å². The SMILES string of the molecule is COc1cc2nccc(Oc3ccc(NC(=O)c4nn(CC5COC5)cc4OCC(F)(F)F)nc3)c2cc1OC. The average molecular weight is 560 g/mol. The lowest BCUT2D eigenvalue weighted by molar-refractivity contribution is -0.153. The molecule has 0 radical (unpaired) electrons. The molecule has 5 rings (SSSR count). The van der Waals surface area contributed by atoms with E-state index >= 15 is 0 Å². The lowest BCUT2D eigenvalue weighted by Crippen LogP contribution is -2.31. The maximum atomic E-state index is 12.9. The molecule has 3 aromatic heterocycles. The van der Waals surface area contributed by atoms with Crippen molar-refractivity contribution in [1.29, 1.82) is 0 Å². The van der Waals surface area contributed by atoms with E-state index in [2.05, 4.69) is 20.4 Å². The molecule has 0 unspecified atom stereocenters. The summed E-state index contributed by atoms with van der Waals surface area (Å²) >= 11 is 0. The van der Waals surface area contributed by atoms with Crippen molar-refractivity contribution in [3.63, 3.8) is 0 Å². The molecule has 0 spiro atoms. The fourth-order valence-electron chi connectivity index (χ4n) is 3.93. The molecule has 1 amide bonds. The number of rotatable bonds is 10. The first kappa shape index (κ1) is 27.0. The minimum Gasteiger partial charge on any atom is -0.493 e. The number of halogens is 3. The molecule has 1 fully saturated rings. The van der Waals surface area contributed by atoms with Crippen molar-refractivity contribution in [2.75, 3.05) is 39.4 Å². The molecular weight excluding hydrogens is 535 g/mol. The molecule has 0 atom stereocenters. The smallest absolute Gasteiger partial charge is 0.422 e. The fourth-order valence-corrected chi connectivity index (χ4v) is 3.93. The van der Waals surface area contributed by atoms with E-state index in [4.69, 9.17) is 23.7 Å². The topological polar surface area (TPSA) is 119 Å². The molecule has 0 saturated carbocycles. The second kappa shape index (κ2) is 11.3. The van der Waals surface area contributed by atoms with Gasteiger partial charge in [0.05, 0.1) is 45.3 Å². The van der Waals surface area contributed by atoms with Gasteiger partial charge in [-0.2, -0.15) is 18.3 Å². The third-order valence-corrected chi connectivity index (χ3v) is 5.90. The molecule has 1 saturated heterocycles. The van der Waals surface area contributed by atoms with Crippen molar-refractivity contribution >= 4 is 22.6 Å². The van der Waals surface area contributed by atoms with Gasteiger partial charge in [0.25, 0.3) is 5.91 Å². The molecule has 14 heteroatoms. The van der Waals surface area contributed by atoms with Crippen LogP contribution in [0.5, 0.6) is 28.7 Å². The van der Waals surface area contributed by atoms with E-state index < -0.39 is 18.7 Å². The third kappa shape index (κ3) is 6.17. The van der Waals surface area contributed by atoms with Crippen molar-refractivity contribution in [3.8, 4) is 28.7 Å². The molecule has 0 aliphatic carbocycles. The number of nitrogens with one attached hydrogen (secondary N) is 1. The van der Waals surface area contributed by atoms with Crippen LogP contribution >= 0.6 is 0 Å². The second-order valence-electron chi connectivity index (χ2n) is 8.84. The molecular formula is C26H24F3N5O6. The van der Waals surface area contributed by atoms with E-state index in [0.717, 1.165) is 0 Å². The molecule has 4 aromatic rings. The Morgan fingerprint density at radius 2 is 1.85 bits per heavy atom. The zero-order valence-corrected chi connectivity index (χ0v) is 21.4. The van der Waals surface area contributed by atoms with Crippen LogP contribution < -0.4 is 24.3 Å². The van der Waals surface area contributed by atoms with E-state index in [-0.39, 0.29) is 23.2 Å². The van der Waals surface area contributed by atoms with Gasteiger partial charge >= 0.3 is 6.18 Å². The number of amides is 1. The summed E-state index contributed by atoms with van der Waals surface area (Å²) in [7, 11) is 3.06. The van der Waals surface area contributed by atoms with E-state index in [1.807, 2.05) is 0 Å². The average Bonchev–Trinajstić information content (AvgIpc) is 3.33. The van der Waals surface area contributed by atoms with Gasteiger partial charge in [0, 0.05) is 30.1 Å². The summed E-state index contributed by atoms with van der Waals surface area (Å²) in [5, 5.41) is 7.34. The Balaban J connectivity index is 1.31. The molecule has 40 heavy (non-hydrogen) atoms. The fraction of sp³-hybridized carbons (Fsp3) is 0.308. The van der Waals surface area contributed by atoms with Gasteiger partial charge in [0.15, 0.2) is 29.5 Å². The largest absolute Gasteiger partial charge is 0.493 e. The first-order chi connectivity index (χ1) is 19.2. The summed E-state index contributed by atoms with van der Waals surface area (Å²) in [5.74, 6) is 1.10. The number of methoxy groups -OCH3 is 2. The summed E-state index contributed by atoms with van der Waals surface area (Å²) in [5.41, 5.74) is 0.332. The van der Waals surface area contributed by atoms with Crippen molar-refractivity contribution in [1.82, 2.24) is 19.7 Å². The Kier molecular flexibility index (Phi) is 7.60. The van der Waals surface area contributed by atoms with Gasteiger partial charge in [-0.25, -0.2) is 4.98 Å². The highest BCUT2D eigenvalue weighted by atomic mass is 19.4. The van der Waals surface area contributed by atoms with Gasteiger partial charge in [-0.3, -0.25) is 14.5 Å². The Morgan fingerprint density at radius 3 is 2.50 bits per heavy atom. The van der Waals surface area contributed by atoms with E-state index in [1.165, 1.54) is 37.4 Å². The molecule has 0 bridgehead atoms. The lowest BCUT2D eigenvalue weighted by Gasteiger charge is -2.25. The van der Waals surface area contributed by atoms with E-state index in [9.17, 15) is 18.0 Å². The normalized spacial score (nSPS) is 13.5. The number of hydrogen-bond acceptors (Lipinski definition) is 9. The predicted molar refractivity (Wildman–Crippen MR) is 135 cm³/mol. The minimum absolute atomic E-state index is 0.132. The number of carbonyl (C=O) groups is 1. The standard InChI is InChI=1S/C26H24F3N5O6/c1-36-20-7-17-18(8-21(20)37-2)30-6-5-19(17)40-16-3-4-23(31-9-16)32-25(35)24-22(39-14-26(27,28)29)11-34(33-24)10-15-12-38-13-15/h3-9,11,15H,10,12-14H2,1-2H3,(H,31,32,35). The number of carbonyl (C=O) groups excluding carboxylic acids is 1. The third-order valence-electron chi connectivity index (χ3n) is 5.90. The van der Waals surface area contributed by atoms with Gasteiger partial charge < -0.3 is 29.0 Å². The Labute approximate surface area is 225 Å². The first-order valence-corrected chi connectivity index (χ1v) is 12.0. The van der Waals surface area contributed by atoms with Crippen LogP contribution in [0, 0.1) is 5.92 Å². The summed E-state index contributed by atoms with van der Waals surface area (Å²) < 4.78 is 66.3. The quantitative estimate of drug-likeness (QED) is 0.300. The number of anilines is 1. The molecule has 1 aliphatic heterocycles. The Hall–Kier alpha value is -4.59. The van der Waals surface area contributed by atoms with Crippen molar-refractivity contribution in [3.05, 3.63) is 54.6 Å². The van der Waals surface area contributed by atoms with Crippen LogP contribution in [-0.2, 0) is 11.3 Å². The number of alkyl halides is 3. The Morgan fingerprint density at radius 1 is 1.07 bits per heavy atom. The monoisotopic (exact) mass is 559 g/mol. The van der Waals surface area contributed by atoms with Gasteiger partial charge in [0.1, 0.15) is 17.3 Å². The van der Waals surface area contributed by atoms with Crippen molar-refractivity contribution in [2.24, 2.45) is 5.92 Å². The number of nitrogens with zero attached hydrogens (tertiary/aromatic N) is 4. The van der Waals surface area contributed by atoms with Crippen LogP contribution in [0.2, 0.25) is 0 Å². The maximum Gasteiger partial charge on any atom is 0.422 e. The summed E-state index contributed by atoms with van der Waals surface area (Å²) in [6, 6.07) is 8.21. The summed E-state index contributed by atoms with van der Waals surface area (Å²) in [4.78, 5) is 21.4. The highest BCUT2D eigenvalue weighted by Crippen LogP contribution is 2.37. The Bertz CT molecular complexity index is 1510. The van der Waals surface area contributed by atoms with Crippen LogP contribution in [0.4, 0.5) is 19.0 Å². The molecule has 11 nitrogen and oxygen atoms in total. The molecule has 1 aromatic carbocycles. The number of fused-ring (bicyclic) bond motifs is 1. The first-order valence-electron chi connectivity index (χ1n) is 12.0. The lowest BCUT2D eigenvalue weighted by atomic mass is 10.1. The van der Waals surface area contributed by atoms with Gasteiger partial charge in [-0.05, 0) is 24.3 Å². The van der Waals surface area contributed by atoms with Gasteiger partial charge in [-0.1, -0.05) is 0 Å². The van der Waals surface area contributed by atoms with Crippen LogP contribution in [0.15, 0.2) is 48.9 Å². The number of ether oxygens (including phenoxy) is 5. The number of pyridine rings is 2. The van der Waals surface area contributed by atoms with Crippen LogP contribution in [-0.4, -0.2) is 65.9 Å². The molecule has 210 valence electrons. The zero-order chi connectivity index (χ0) is 28.3.